The number of benzene rings is 3. The summed E-state index contributed by atoms with van der Waals surface area (Å²) in [6, 6.07) is 15.5. The quantitative estimate of drug-likeness (QED) is 0.142. The van der Waals surface area contributed by atoms with Crippen molar-refractivity contribution in [3.8, 4) is 0 Å². The molecular formula is C46H69Se3+. The second-order valence-corrected chi connectivity index (χ2v) is 27.4. The standard InChI is InChI=1S/C46H69Se3/c1-25(2)34-19-37(28(7)8)43(38(20-34)29(9)10)47-46(48-44-39(30(11)12)21-35(26(3)4)22-40(44)31(13)14)49-45-41(32(15)16)23-36(27(5)6)24-42(45)33(17)18/h19-33H,1-18H3/q+1. The van der Waals surface area contributed by atoms with Gasteiger partial charge in [0.1, 0.15) is 0 Å². The molecule has 3 aromatic carbocycles. The summed E-state index contributed by atoms with van der Waals surface area (Å²) in [7, 11) is 0. The van der Waals surface area contributed by atoms with Gasteiger partial charge in [-0.05, 0) is 0 Å². The molecule has 0 aliphatic rings. The Morgan fingerprint density at radius 2 is 0.571 bits per heavy atom. The van der Waals surface area contributed by atoms with Crippen molar-refractivity contribution in [1.82, 2.24) is 0 Å². The van der Waals surface area contributed by atoms with Gasteiger partial charge in [0.15, 0.2) is 0 Å². The van der Waals surface area contributed by atoms with Crippen LogP contribution in [0.15, 0.2) is 36.4 Å². The van der Waals surface area contributed by atoms with Crippen LogP contribution < -0.4 is 13.4 Å². The van der Waals surface area contributed by atoms with E-state index in [1.807, 2.05) is 2.21 Å². The van der Waals surface area contributed by atoms with E-state index >= 15 is 0 Å². The molecule has 49 heavy (non-hydrogen) atoms. The minimum absolute atomic E-state index is 0.285. The molecule has 0 saturated carbocycles. The molecule has 0 N–H and O–H groups in total. The van der Waals surface area contributed by atoms with Crippen LogP contribution in [-0.4, -0.2) is 46.6 Å². The van der Waals surface area contributed by atoms with Crippen molar-refractivity contribution in [3.05, 3.63) is 86.5 Å². The molecule has 0 nitrogen and oxygen atoms in total. The third kappa shape index (κ3) is 10.6. The molecular weight excluding hydrogens is 789 g/mol. The first-order valence-electron chi connectivity index (χ1n) is 19.2. The maximum absolute atomic E-state index is 2.59. The maximum atomic E-state index is 2.59. The van der Waals surface area contributed by atoms with E-state index in [1.54, 1.807) is 46.8 Å². The van der Waals surface area contributed by atoms with Gasteiger partial charge in [-0.15, -0.1) is 0 Å². The molecule has 0 spiro atoms. The van der Waals surface area contributed by atoms with Crippen molar-refractivity contribution < 1.29 is 0 Å². The van der Waals surface area contributed by atoms with E-state index in [-0.39, 0.29) is 44.4 Å². The predicted molar refractivity (Wildman–Crippen MR) is 227 cm³/mol. The SMILES string of the molecule is CC(C)c1cc(C(C)C)c([Se]C([Se]c2c(C(C)C)cc(C(C)C)cc2C(C)C)=[Se+]c2c(C(C)C)cc(C(C)C)cc2C(C)C)c(C(C)C)c1. The summed E-state index contributed by atoms with van der Waals surface area (Å²) in [5.74, 6) is 4.70. The summed E-state index contributed by atoms with van der Waals surface area (Å²) in [5.41, 5.74) is 14.1. The van der Waals surface area contributed by atoms with Gasteiger partial charge in [0.05, 0.1) is 0 Å². The van der Waals surface area contributed by atoms with Crippen molar-refractivity contribution in [3.63, 3.8) is 0 Å². The zero-order valence-corrected chi connectivity index (χ0v) is 39.5. The topological polar surface area (TPSA) is 0 Å². The first-order valence-corrected chi connectivity index (χ1v) is 24.3. The Kier molecular flexibility index (Phi) is 15.8. The van der Waals surface area contributed by atoms with Gasteiger partial charge in [-0.25, -0.2) is 0 Å². The Morgan fingerprint density at radius 3 is 0.776 bits per heavy atom. The van der Waals surface area contributed by atoms with Gasteiger partial charge in [0, 0.05) is 0 Å². The van der Waals surface area contributed by atoms with E-state index in [0.29, 0.717) is 53.3 Å². The van der Waals surface area contributed by atoms with E-state index in [4.69, 9.17) is 0 Å². The van der Waals surface area contributed by atoms with Crippen molar-refractivity contribution >= 4 is 60.0 Å². The van der Waals surface area contributed by atoms with Crippen LogP contribution >= 0.6 is 0 Å². The van der Waals surface area contributed by atoms with Crippen LogP contribution in [0.2, 0.25) is 0 Å². The molecule has 0 saturated heterocycles. The van der Waals surface area contributed by atoms with E-state index in [0.717, 1.165) is 0 Å². The Labute approximate surface area is 322 Å². The molecule has 0 aliphatic heterocycles. The molecule has 270 valence electrons. The predicted octanol–water partition coefficient (Wildman–Crippen LogP) is 11.3. The molecule has 0 atom stereocenters. The van der Waals surface area contributed by atoms with Crippen molar-refractivity contribution in [2.75, 3.05) is 0 Å². The summed E-state index contributed by atoms with van der Waals surface area (Å²) < 4.78 is 6.92. The normalized spacial score (nSPS) is 12.5. The molecule has 0 unspecified atom stereocenters. The zero-order chi connectivity index (χ0) is 37.1. The number of hydrogen-bond donors (Lipinski definition) is 0. The summed E-state index contributed by atoms with van der Waals surface area (Å²) in [6.07, 6.45) is 0. The van der Waals surface area contributed by atoms with Crippen molar-refractivity contribution in [2.45, 2.75) is 178 Å². The molecule has 0 heterocycles. The minimum atomic E-state index is 0.285. The Morgan fingerprint density at radius 1 is 0.347 bits per heavy atom. The Balaban J connectivity index is 2.51. The third-order valence-corrected chi connectivity index (χ3v) is 20.5. The molecule has 3 heteroatoms. The van der Waals surface area contributed by atoms with Crippen LogP contribution in [0, 0.1) is 0 Å². The fraction of sp³-hybridized carbons (Fsp3) is 0.587. The average molecular weight is 859 g/mol. The molecule has 3 rings (SSSR count). The summed E-state index contributed by atoms with van der Waals surface area (Å²) in [6.45, 7) is 43.3. The van der Waals surface area contributed by atoms with Crippen LogP contribution in [0.5, 0.6) is 0 Å². The van der Waals surface area contributed by atoms with Crippen molar-refractivity contribution in [2.24, 2.45) is 0 Å². The first-order chi connectivity index (χ1) is 22.7. The molecule has 0 aliphatic carbocycles. The van der Waals surface area contributed by atoms with Gasteiger partial charge in [-0.2, -0.15) is 0 Å². The molecule has 0 amide bonds. The second kappa shape index (κ2) is 18.2. The molecule has 0 bridgehead atoms. The fourth-order valence-corrected chi connectivity index (χ4v) is 19.7. The molecule has 0 radical (unpaired) electrons. The summed E-state index contributed by atoms with van der Waals surface area (Å²) >= 11 is 0.855. The van der Waals surface area contributed by atoms with E-state index in [9.17, 15) is 0 Å². The van der Waals surface area contributed by atoms with Gasteiger partial charge < -0.3 is 0 Å². The average Bonchev–Trinajstić information content (AvgIpc) is 2.99. The van der Waals surface area contributed by atoms with E-state index < -0.39 is 0 Å². The molecule has 0 aromatic heterocycles. The van der Waals surface area contributed by atoms with Gasteiger partial charge in [-0.1, -0.05) is 0 Å². The number of hydrogen-bond acceptors (Lipinski definition) is 0. The van der Waals surface area contributed by atoms with Gasteiger partial charge in [0.25, 0.3) is 0 Å². The van der Waals surface area contributed by atoms with Crippen LogP contribution in [0.3, 0.4) is 0 Å². The van der Waals surface area contributed by atoms with Crippen molar-refractivity contribution in [1.29, 1.82) is 0 Å². The van der Waals surface area contributed by atoms with Crippen LogP contribution in [-0.2, 0) is 0 Å². The second-order valence-electron chi connectivity index (χ2n) is 17.0. The zero-order valence-electron chi connectivity index (χ0n) is 34.4. The van der Waals surface area contributed by atoms with Gasteiger partial charge in [0.2, 0.25) is 0 Å². The first kappa shape index (κ1) is 42.5. The monoisotopic (exact) mass is 861 g/mol. The fourth-order valence-electron chi connectivity index (χ4n) is 6.33. The van der Waals surface area contributed by atoms with Crippen LogP contribution in [0.4, 0.5) is 0 Å². The van der Waals surface area contributed by atoms with Crippen LogP contribution in [0.25, 0.3) is 0 Å². The summed E-state index contributed by atoms with van der Waals surface area (Å²) in [4.78, 5) is 0. The van der Waals surface area contributed by atoms with E-state index in [1.165, 1.54) is 16.7 Å². The molecule has 0 fully saturated rings. The van der Waals surface area contributed by atoms with Crippen LogP contribution in [0.1, 0.15) is 228 Å². The third-order valence-electron chi connectivity index (χ3n) is 9.79. The van der Waals surface area contributed by atoms with E-state index in [2.05, 4.69) is 161 Å². The number of rotatable bonds is 14. The Bertz CT molecular complexity index is 1430. The molecule has 3 aromatic rings. The van der Waals surface area contributed by atoms with Gasteiger partial charge >= 0.3 is 324 Å². The van der Waals surface area contributed by atoms with Gasteiger partial charge in [-0.3, -0.25) is 0 Å². The summed E-state index contributed by atoms with van der Waals surface area (Å²) in [5, 5.41) is 0. The Hall–Kier alpha value is -0.912.